The standard InChI is InChI=1S/C26H27BrN2O3/c1-2-3-4-8-17-32-24-16-15-22(27)18-23(24)26(31)29-28-25(30)21-13-11-20(12-14-21)19-9-6-5-7-10-19/h5-7,9-16,18H,2-4,8,17H2,1H3,(H,28,30)(H,29,31). The van der Waals surface area contributed by atoms with Gasteiger partial charge in [0.15, 0.2) is 0 Å². The fraction of sp³-hybridized carbons (Fsp3) is 0.231. The highest BCUT2D eigenvalue weighted by Crippen LogP contribution is 2.24. The van der Waals surface area contributed by atoms with Crippen LogP contribution in [0.2, 0.25) is 0 Å². The van der Waals surface area contributed by atoms with Crippen molar-refractivity contribution in [2.75, 3.05) is 6.61 Å². The lowest BCUT2D eigenvalue weighted by atomic mass is 10.0. The molecule has 0 fully saturated rings. The molecule has 3 aromatic carbocycles. The fourth-order valence-corrected chi connectivity index (χ4v) is 3.58. The molecule has 0 saturated heterocycles. The Labute approximate surface area is 197 Å². The molecule has 3 rings (SSSR count). The van der Waals surface area contributed by atoms with Gasteiger partial charge in [-0.05, 0) is 47.9 Å². The van der Waals surface area contributed by atoms with Crippen molar-refractivity contribution in [3.63, 3.8) is 0 Å². The molecule has 3 aromatic rings. The number of hydrogen-bond acceptors (Lipinski definition) is 3. The molecule has 0 aliphatic rings. The van der Waals surface area contributed by atoms with Crippen LogP contribution in [-0.2, 0) is 0 Å². The zero-order chi connectivity index (χ0) is 22.8. The van der Waals surface area contributed by atoms with Gasteiger partial charge in [0.05, 0.1) is 12.2 Å². The largest absolute Gasteiger partial charge is 0.493 e. The highest BCUT2D eigenvalue weighted by atomic mass is 79.9. The van der Waals surface area contributed by atoms with E-state index in [0.717, 1.165) is 41.3 Å². The topological polar surface area (TPSA) is 67.4 Å². The summed E-state index contributed by atoms with van der Waals surface area (Å²) in [5.74, 6) is -0.345. The van der Waals surface area contributed by atoms with E-state index < -0.39 is 11.8 Å². The van der Waals surface area contributed by atoms with Crippen LogP contribution in [-0.4, -0.2) is 18.4 Å². The van der Waals surface area contributed by atoms with Crippen LogP contribution in [0.25, 0.3) is 11.1 Å². The Morgan fingerprint density at radius 3 is 2.22 bits per heavy atom. The Morgan fingerprint density at radius 2 is 1.50 bits per heavy atom. The number of rotatable bonds is 9. The SMILES string of the molecule is CCCCCCOc1ccc(Br)cc1C(=O)NNC(=O)c1ccc(-c2ccccc2)cc1. The number of hydrogen-bond donors (Lipinski definition) is 2. The summed E-state index contributed by atoms with van der Waals surface area (Å²) < 4.78 is 6.57. The predicted molar refractivity (Wildman–Crippen MR) is 131 cm³/mol. The van der Waals surface area contributed by atoms with Gasteiger partial charge in [0.2, 0.25) is 0 Å². The van der Waals surface area contributed by atoms with Crippen molar-refractivity contribution in [3.05, 3.63) is 88.4 Å². The predicted octanol–water partition coefficient (Wildman–Crippen LogP) is 6.15. The maximum atomic E-state index is 12.7. The number of unbranched alkanes of at least 4 members (excludes halogenated alkanes) is 3. The highest BCUT2D eigenvalue weighted by molar-refractivity contribution is 9.10. The number of amides is 2. The lowest BCUT2D eigenvalue weighted by Crippen LogP contribution is -2.41. The Morgan fingerprint density at radius 1 is 0.812 bits per heavy atom. The van der Waals surface area contributed by atoms with Crippen LogP contribution in [0.1, 0.15) is 53.3 Å². The zero-order valence-corrected chi connectivity index (χ0v) is 19.7. The fourth-order valence-electron chi connectivity index (χ4n) is 3.21. The second-order valence-electron chi connectivity index (χ2n) is 7.40. The van der Waals surface area contributed by atoms with Crippen LogP contribution in [0.4, 0.5) is 0 Å². The minimum Gasteiger partial charge on any atom is -0.493 e. The Hall–Kier alpha value is -3.12. The normalized spacial score (nSPS) is 10.4. The van der Waals surface area contributed by atoms with Gasteiger partial charge in [-0.15, -0.1) is 0 Å². The average Bonchev–Trinajstić information content (AvgIpc) is 2.83. The highest BCUT2D eigenvalue weighted by Gasteiger charge is 2.15. The first kappa shape index (κ1) is 23.5. The monoisotopic (exact) mass is 494 g/mol. The summed E-state index contributed by atoms with van der Waals surface area (Å²) in [7, 11) is 0. The minimum absolute atomic E-state index is 0.356. The van der Waals surface area contributed by atoms with Crippen molar-refractivity contribution in [2.24, 2.45) is 0 Å². The zero-order valence-electron chi connectivity index (χ0n) is 18.1. The molecule has 32 heavy (non-hydrogen) atoms. The van der Waals surface area contributed by atoms with Gasteiger partial charge in [-0.2, -0.15) is 0 Å². The number of hydrazine groups is 1. The van der Waals surface area contributed by atoms with Gasteiger partial charge in [0.1, 0.15) is 5.75 Å². The molecule has 166 valence electrons. The second-order valence-corrected chi connectivity index (χ2v) is 8.32. The molecule has 0 unspecified atom stereocenters. The van der Waals surface area contributed by atoms with Crippen LogP contribution < -0.4 is 15.6 Å². The first-order chi connectivity index (χ1) is 15.6. The van der Waals surface area contributed by atoms with Crippen molar-refractivity contribution in [1.82, 2.24) is 10.9 Å². The second kappa shape index (κ2) is 12.1. The molecule has 6 heteroatoms. The van der Waals surface area contributed by atoms with Crippen molar-refractivity contribution in [1.29, 1.82) is 0 Å². The third kappa shape index (κ3) is 6.69. The van der Waals surface area contributed by atoms with E-state index in [0.29, 0.717) is 23.5 Å². The minimum atomic E-state index is -0.441. The van der Waals surface area contributed by atoms with E-state index >= 15 is 0 Å². The van der Waals surface area contributed by atoms with Crippen LogP contribution in [0.15, 0.2) is 77.3 Å². The Balaban J connectivity index is 1.59. The number of benzene rings is 3. The number of nitrogens with one attached hydrogen (secondary N) is 2. The molecule has 0 aliphatic carbocycles. The van der Waals surface area contributed by atoms with E-state index in [1.165, 1.54) is 0 Å². The first-order valence-corrected chi connectivity index (χ1v) is 11.6. The molecule has 0 aromatic heterocycles. The van der Waals surface area contributed by atoms with Gasteiger partial charge in [-0.25, -0.2) is 0 Å². The lowest BCUT2D eigenvalue weighted by molar-refractivity contribution is 0.0844. The summed E-state index contributed by atoms with van der Waals surface area (Å²) in [4.78, 5) is 25.2. The van der Waals surface area contributed by atoms with Crippen molar-refractivity contribution >= 4 is 27.7 Å². The molecule has 0 radical (unpaired) electrons. The molecular formula is C26H27BrN2O3. The van der Waals surface area contributed by atoms with Crippen LogP contribution in [0.5, 0.6) is 5.75 Å². The summed E-state index contributed by atoms with van der Waals surface area (Å²) in [6.45, 7) is 2.70. The van der Waals surface area contributed by atoms with E-state index in [2.05, 4.69) is 33.7 Å². The lowest BCUT2D eigenvalue weighted by Gasteiger charge is -2.13. The van der Waals surface area contributed by atoms with Crippen molar-refractivity contribution < 1.29 is 14.3 Å². The third-order valence-corrected chi connectivity index (χ3v) is 5.48. The van der Waals surface area contributed by atoms with Crippen molar-refractivity contribution in [3.8, 4) is 16.9 Å². The average molecular weight is 495 g/mol. The van der Waals surface area contributed by atoms with Gasteiger partial charge in [0.25, 0.3) is 11.8 Å². The Kier molecular flexibility index (Phi) is 8.87. The molecule has 0 saturated carbocycles. The van der Waals surface area contributed by atoms with Gasteiger partial charge in [0, 0.05) is 10.0 Å². The number of carbonyl (C=O) groups is 2. The molecule has 0 aliphatic heterocycles. The molecule has 0 bridgehead atoms. The van der Waals surface area contributed by atoms with Gasteiger partial charge < -0.3 is 4.74 Å². The molecule has 2 amide bonds. The smallest absolute Gasteiger partial charge is 0.273 e. The summed E-state index contributed by atoms with van der Waals surface area (Å²) in [5, 5.41) is 0. The van der Waals surface area contributed by atoms with E-state index in [1.54, 1.807) is 24.3 Å². The van der Waals surface area contributed by atoms with Crippen LogP contribution in [0.3, 0.4) is 0 Å². The van der Waals surface area contributed by atoms with Gasteiger partial charge >= 0.3 is 0 Å². The maximum absolute atomic E-state index is 12.7. The molecule has 0 heterocycles. The molecule has 2 N–H and O–H groups in total. The number of halogens is 1. The van der Waals surface area contributed by atoms with Crippen molar-refractivity contribution in [2.45, 2.75) is 32.6 Å². The summed E-state index contributed by atoms with van der Waals surface area (Å²) >= 11 is 3.39. The Bertz CT molecular complexity index is 1040. The number of carbonyl (C=O) groups excluding carboxylic acids is 2. The summed E-state index contributed by atoms with van der Waals surface area (Å²) in [5.41, 5.74) is 7.86. The summed E-state index contributed by atoms with van der Waals surface area (Å²) in [6.07, 6.45) is 4.34. The van der Waals surface area contributed by atoms with Gasteiger partial charge in [-0.1, -0.05) is 84.6 Å². The first-order valence-electron chi connectivity index (χ1n) is 10.8. The number of ether oxygens (including phenoxy) is 1. The molecular weight excluding hydrogens is 468 g/mol. The van der Waals surface area contributed by atoms with E-state index in [4.69, 9.17) is 4.74 Å². The van der Waals surface area contributed by atoms with E-state index in [9.17, 15) is 9.59 Å². The molecule has 0 spiro atoms. The maximum Gasteiger partial charge on any atom is 0.273 e. The van der Waals surface area contributed by atoms with E-state index in [-0.39, 0.29) is 0 Å². The molecule has 0 atom stereocenters. The quantitative estimate of drug-likeness (QED) is 0.276. The van der Waals surface area contributed by atoms with E-state index in [1.807, 2.05) is 48.5 Å². The van der Waals surface area contributed by atoms with Crippen LogP contribution >= 0.6 is 15.9 Å². The van der Waals surface area contributed by atoms with Gasteiger partial charge in [-0.3, -0.25) is 20.4 Å². The van der Waals surface area contributed by atoms with Crippen LogP contribution in [0, 0.1) is 0 Å². The molecule has 5 nitrogen and oxygen atoms in total. The summed E-state index contributed by atoms with van der Waals surface area (Å²) in [6, 6.07) is 22.4. The third-order valence-electron chi connectivity index (χ3n) is 4.99.